The predicted molar refractivity (Wildman–Crippen MR) is 93.2 cm³/mol. The van der Waals surface area contributed by atoms with Crippen molar-refractivity contribution in [3.05, 3.63) is 42.0 Å². The first kappa shape index (κ1) is 14.4. The number of rotatable bonds is 4. The standard InChI is InChI=1S/C18H18N6O/c1-10-6-21-17-13(8-22-24(17)9-10)14-2-15(12(7-20-14)16(19)25)23-18-3-11(4-18)5-18/h2,6-9,11H,3-5H2,1H3,(H2,19,25)(H,20,23). The normalized spacial score (nSPS) is 23.8. The van der Waals surface area contributed by atoms with E-state index in [1.165, 1.54) is 19.3 Å². The molecule has 1 amide bonds. The van der Waals surface area contributed by atoms with Gasteiger partial charge in [0.2, 0.25) is 0 Å². The topological polar surface area (TPSA) is 98.2 Å². The van der Waals surface area contributed by atoms with E-state index < -0.39 is 5.91 Å². The Balaban J connectivity index is 1.59. The molecular formula is C18H18N6O. The Morgan fingerprint density at radius 2 is 2.08 bits per heavy atom. The largest absolute Gasteiger partial charge is 0.379 e. The van der Waals surface area contributed by atoms with Gasteiger partial charge in [-0.15, -0.1) is 0 Å². The summed E-state index contributed by atoms with van der Waals surface area (Å²) >= 11 is 0. The van der Waals surface area contributed by atoms with Crippen molar-refractivity contribution >= 4 is 17.2 Å². The highest BCUT2D eigenvalue weighted by molar-refractivity contribution is 5.99. The van der Waals surface area contributed by atoms with Crippen LogP contribution in [0.5, 0.6) is 0 Å². The molecule has 0 saturated heterocycles. The van der Waals surface area contributed by atoms with E-state index in [1.807, 2.05) is 19.2 Å². The highest BCUT2D eigenvalue weighted by atomic mass is 16.1. The number of anilines is 1. The Hall–Kier alpha value is -2.96. The molecule has 3 N–H and O–H groups in total. The number of nitrogens with one attached hydrogen (secondary N) is 1. The number of hydrogen-bond donors (Lipinski definition) is 2. The first-order valence-corrected chi connectivity index (χ1v) is 8.41. The fourth-order valence-electron chi connectivity index (χ4n) is 3.97. The summed E-state index contributed by atoms with van der Waals surface area (Å²) in [6.45, 7) is 1.97. The molecule has 3 aliphatic carbocycles. The van der Waals surface area contributed by atoms with Gasteiger partial charge in [-0.3, -0.25) is 9.78 Å². The average Bonchev–Trinajstić information content (AvgIpc) is 2.92. The van der Waals surface area contributed by atoms with Crippen LogP contribution in [0, 0.1) is 12.8 Å². The lowest BCUT2D eigenvalue weighted by molar-refractivity contribution is 0.00209. The number of aromatic nitrogens is 4. The molecule has 0 aliphatic heterocycles. The fraction of sp³-hybridized carbons (Fsp3) is 0.333. The Morgan fingerprint density at radius 3 is 2.76 bits per heavy atom. The van der Waals surface area contributed by atoms with Crippen molar-refractivity contribution in [2.75, 3.05) is 5.32 Å². The van der Waals surface area contributed by atoms with Gasteiger partial charge in [-0.2, -0.15) is 5.10 Å². The van der Waals surface area contributed by atoms with Crippen molar-refractivity contribution in [3.8, 4) is 11.3 Å². The third kappa shape index (κ3) is 2.12. The van der Waals surface area contributed by atoms with Crippen molar-refractivity contribution < 1.29 is 4.79 Å². The molecule has 7 nitrogen and oxygen atoms in total. The summed E-state index contributed by atoms with van der Waals surface area (Å²) < 4.78 is 1.74. The van der Waals surface area contributed by atoms with Gasteiger partial charge in [0, 0.05) is 24.1 Å². The molecule has 3 saturated carbocycles. The lowest BCUT2D eigenvalue weighted by Gasteiger charge is -2.62. The molecular weight excluding hydrogens is 316 g/mol. The first-order valence-electron chi connectivity index (χ1n) is 8.41. The maximum Gasteiger partial charge on any atom is 0.252 e. The smallest absolute Gasteiger partial charge is 0.252 e. The van der Waals surface area contributed by atoms with Crippen LogP contribution in [0.15, 0.2) is 30.9 Å². The Morgan fingerprint density at radius 1 is 1.28 bits per heavy atom. The summed E-state index contributed by atoms with van der Waals surface area (Å²) in [4.78, 5) is 20.7. The molecule has 0 radical (unpaired) electrons. The maximum absolute atomic E-state index is 11.8. The quantitative estimate of drug-likeness (QED) is 0.762. The minimum Gasteiger partial charge on any atom is -0.379 e. The summed E-state index contributed by atoms with van der Waals surface area (Å²) in [6, 6.07) is 1.89. The van der Waals surface area contributed by atoms with E-state index in [0.29, 0.717) is 5.56 Å². The molecule has 0 aromatic carbocycles. The third-order valence-electron chi connectivity index (χ3n) is 5.37. The number of hydrogen-bond acceptors (Lipinski definition) is 5. The molecule has 0 atom stereocenters. The van der Waals surface area contributed by atoms with Gasteiger partial charge in [-0.25, -0.2) is 9.50 Å². The monoisotopic (exact) mass is 334 g/mol. The lowest BCUT2D eigenvalue weighted by atomic mass is 9.50. The van der Waals surface area contributed by atoms with Crippen LogP contribution >= 0.6 is 0 Å². The highest BCUT2D eigenvalue weighted by Gasteiger charge is 2.56. The average molecular weight is 334 g/mol. The van der Waals surface area contributed by atoms with Gasteiger partial charge >= 0.3 is 0 Å². The number of nitrogens with zero attached hydrogens (tertiary/aromatic N) is 4. The molecule has 3 fully saturated rings. The van der Waals surface area contributed by atoms with E-state index >= 15 is 0 Å². The van der Waals surface area contributed by atoms with E-state index in [9.17, 15) is 4.79 Å². The summed E-state index contributed by atoms with van der Waals surface area (Å²) in [6.07, 6.45) is 10.5. The van der Waals surface area contributed by atoms with Crippen molar-refractivity contribution in [2.45, 2.75) is 31.7 Å². The number of carbonyl (C=O) groups excluding carboxylic acids is 1. The predicted octanol–water partition coefficient (Wildman–Crippen LogP) is 2.16. The van der Waals surface area contributed by atoms with Gasteiger partial charge in [-0.05, 0) is 43.7 Å². The van der Waals surface area contributed by atoms with Gasteiger partial charge in [0.05, 0.1) is 28.7 Å². The molecule has 3 aromatic heterocycles. The van der Waals surface area contributed by atoms with Crippen molar-refractivity contribution in [1.82, 2.24) is 19.6 Å². The van der Waals surface area contributed by atoms with Crippen molar-refractivity contribution in [2.24, 2.45) is 11.7 Å². The lowest BCUT2D eigenvalue weighted by Crippen LogP contribution is -2.63. The Kier molecular flexibility index (Phi) is 2.75. The SMILES string of the molecule is Cc1cnc2c(-c3cc(NC45CC(C4)C5)c(C(N)=O)cn3)cnn2c1. The molecule has 3 aliphatic rings. The Bertz CT molecular complexity index is 1010. The highest BCUT2D eigenvalue weighted by Crippen LogP contribution is 2.58. The number of fused-ring (bicyclic) bond motifs is 1. The second kappa shape index (κ2) is 4.78. The van der Waals surface area contributed by atoms with Crippen LogP contribution in [0.4, 0.5) is 5.69 Å². The second-order valence-corrected chi connectivity index (χ2v) is 7.32. The zero-order valence-corrected chi connectivity index (χ0v) is 13.9. The van der Waals surface area contributed by atoms with Crippen LogP contribution in [0.1, 0.15) is 35.2 Å². The minimum absolute atomic E-state index is 0.143. The van der Waals surface area contributed by atoms with Gasteiger partial charge in [-0.1, -0.05) is 0 Å². The van der Waals surface area contributed by atoms with Crippen LogP contribution in [-0.2, 0) is 0 Å². The number of amides is 1. The summed E-state index contributed by atoms with van der Waals surface area (Å²) in [5.41, 5.74) is 10.2. The van der Waals surface area contributed by atoms with Gasteiger partial charge in [0.15, 0.2) is 5.65 Å². The van der Waals surface area contributed by atoms with Crippen LogP contribution in [0.2, 0.25) is 0 Å². The molecule has 2 bridgehead atoms. The third-order valence-corrected chi connectivity index (χ3v) is 5.37. The van der Waals surface area contributed by atoms with Crippen molar-refractivity contribution in [3.63, 3.8) is 0 Å². The zero-order valence-electron chi connectivity index (χ0n) is 13.9. The fourth-order valence-corrected chi connectivity index (χ4v) is 3.97. The van der Waals surface area contributed by atoms with Crippen LogP contribution < -0.4 is 11.1 Å². The summed E-state index contributed by atoms with van der Waals surface area (Å²) in [5.74, 6) is 0.375. The molecule has 25 heavy (non-hydrogen) atoms. The number of nitrogens with two attached hydrogens (primary N) is 1. The molecule has 3 heterocycles. The number of primary amides is 1. The summed E-state index contributed by atoms with van der Waals surface area (Å²) in [7, 11) is 0. The summed E-state index contributed by atoms with van der Waals surface area (Å²) in [5, 5.41) is 7.90. The number of aryl methyl sites for hydroxylation is 1. The second-order valence-electron chi connectivity index (χ2n) is 7.32. The van der Waals surface area contributed by atoms with Crippen LogP contribution in [-0.4, -0.2) is 31.0 Å². The van der Waals surface area contributed by atoms with E-state index in [1.54, 1.807) is 23.1 Å². The van der Waals surface area contributed by atoms with Gasteiger partial charge < -0.3 is 11.1 Å². The minimum atomic E-state index is -0.471. The number of pyridine rings is 1. The maximum atomic E-state index is 11.8. The molecule has 0 unspecified atom stereocenters. The van der Waals surface area contributed by atoms with E-state index in [4.69, 9.17) is 5.73 Å². The van der Waals surface area contributed by atoms with Gasteiger partial charge in [0.1, 0.15) is 0 Å². The molecule has 0 spiro atoms. The van der Waals surface area contributed by atoms with E-state index in [0.717, 1.165) is 34.1 Å². The van der Waals surface area contributed by atoms with Crippen LogP contribution in [0.25, 0.3) is 16.9 Å². The Labute approximate surface area is 144 Å². The van der Waals surface area contributed by atoms with Crippen molar-refractivity contribution in [1.29, 1.82) is 0 Å². The van der Waals surface area contributed by atoms with E-state index in [-0.39, 0.29) is 5.54 Å². The number of carbonyl (C=O) groups is 1. The first-order chi connectivity index (χ1) is 12.0. The molecule has 6 rings (SSSR count). The zero-order chi connectivity index (χ0) is 17.2. The van der Waals surface area contributed by atoms with Crippen LogP contribution in [0.3, 0.4) is 0 Å². The molecule has 7 heteroatoms. The van der Waals surface area contributed by atoms with Gasteiger partial charge in [0.25, 0.3) is 5.91 Å². The molecule has 126 valence electrons. The van der Waals surface area contributed by atoms with E-state index in [2.05, 4.69) is 20.4 Å². The molecule has 3 aromatic rings.